The van der Waals surface area contributed by atoms with Gasteiger partial charge in [0.15, 0.2) is 5.75 Å². The molecule has 0 aliphatic carbocycles. The van der Waals surface area contributed by atoms with Crippen molar-refractivity contribution in [3.05, 3.63) is 41.5 Å². The lowest BCUT2D eigenvalue weighted by Crippen LogP contribution is -2.00. The van der Waals surface area contributed by atoms with Crippen LogP contribution >= 0.6 is 0 Å². The Labute approximate surface area is 103 Å². The van der Waals surface area contributed by atoms with E-state index in [0.29, 0.717) is 11.4 Å². The van der Waals surface area contributed by atoms with Gasteiger partial charge in [0, 0.05) is 0 Å². The highest BCUT2D eigenvalue weighted by atomic mass is 19.1. The van der Waals surface area contributed by atoms with Crippen LogP contribution in [0.1, 0.15) is 11.3 Å². The summed E-state index contributed by atoms with van der Waals surface area (Å²) in [6.07, 6.45) is 1.25. The predicted molar refractivity (Wildman–Crippen MR) is 62.8 cm³/mol. The Morgan fingerprint density at radius 1 is 1.44 bits per heavy atom. The third-order valence-electron chi connectivity index (χ3n) is 2.30. The number of hydrogen-bond donors (Lipinski definition) is 2. The molecule has 6 heteroatoms. The van der Waals surface area contributed by atoms with Crippen molar-refractivity contribution < 1.29 is 9.50 Å². The normalized spacial score (nSPS) is 9.83. The van der Waals surface area contributed by atoms with Gasteiger partial charge < -0.3 is 10.4 Å². The number of benzene rings is 1. The second-order valence-corrected chi connectivity index (χ2v) is 3.59. The van der Waals surface area contributed by atoms with E-state index < -0.39 is 5.82 Å². The SMILES string of the molecule is Cc1nc(Nc2ccc(F)cc2C#N)ncc1O. The van der Waals surface area contributed by atoms with Crippen molar-refractivity contribution in [1.82, 2.24) is 9.97 Å². The summed E-state index contributed by atoms with van der Waals surface area (Å²) in [5, 5.41) is 21.0. The van der Waals surface area contributed by atoms with Crippen LogP contribution in [0.2, 0.25) is 0 Å². The maximum absolute atomic E-state index is 12.9. The second-order valence-electron chi connectivity index (χ2n) is 3.59. The Balaban J connectivity index is 2.34. The first-order chi connectivity index (χ1) is 8.60. The van der Waals surface area contributed by atoms with Gasteiger partial charge in [0.25, 0.3) is 0 Å². The third kappa shape index (κ3) is 2.35. The standard InChI is InChI=1S/C12H9FN4O/c1-7-11(18)6-15-12(16-7)17-10-3-2-9(13)4-8(10)5-14/h2-4,6,18H,1H3,(H,15,16,17). The minimum absolute atomic E-state index is 0.0137. The predicted octanol–water partition coefficient (Wildman–Crippen LogP) is 2.25. The van der Waals surface area contributed by atoms with E-state index in [1.54, 1.807) is 6.92 Å². The van der Waals surface area contributed by atoms with E-state index >= 15 is 0 Å². The van der Waals surface area contributed by atoms with Crippen molar-refractivity contribution >= 4 is 11.6 Å². The molecule has 0 spiro atoms. The van der Waals surface area contributed by atoms with Gasteiger partial charge in [0.05, 0.1) is 23.1 Å². The zero-order chi connectivity index (χ0) is 13.1. The van der Waals surface area contributed by atoms with Crippen molar-refractivity contribution in [3.63, 3.8) is 0 Å². The molecule has 2 N–H and O–H groups in total. The van der Waals surface area contributed by atoms with Crippen LogP contribution in [0.3, 0.4) is 0 Å². The summed E-state index contributed by atoms with van der Waals surface area (Å²) < 4.78 is 12.9. The summed E-state index contributed by atoms with van der Waals surface area (Å²) in [6, 6.07) is 5.66. The van der Waals surface area contributed by atoms with Gasteiger partial charge in [0.1, 0.15) is 11.9 Å². The summed E-state index contributed by atoms with van der Waals surface area (Å²) in [5.41, 5.74) is 0.974. The van der Waals surface area contributed by atoms with Crippen molar-refractivity contribution in [2.24, 2.45) is 0 Å². The van der Waals surface area contributed by atoms with E-state index in [0.717, 1.165) is 6.07 Å². The topological polar surface area (TPSA) is 81.8 Å². The summed E-state index contributed by atoms with van der Waals surface area (Å²) in [4.78, 5) is 7.85. The molecule has 0 amide bonds. The smallest absolute Gasteiger partial charge is 0.227 e. The molecule has 1 aromatic carbocycles. The summed E-state index contributed by atoms with van der Waals surface area (Å²) in [6.45, 7) is 1.62. The van der Waals surface area contributed by atoms with E-state index in [4.69, 9.17) is 5.26 Å². The van der Waals surface area contributed by atoms with Crippen LogP contribution in [0.25, 0.3) is 0 Å². The zero-order valence-electron chi connectivity index (χ0n) is 9.48. The highest BCUT2D eigenvalue weighted by Crippen LogP contribution is 2.20. The quantitative estimate of drug-likeness (QED) is 0.846. The molecular formula is C12H9FN4O. The number of hydrogen-bond acceptors (Lipinski definition) is 5. The van der Waals surface area contributed by atoms with Crippen molar-refractivity contribution in [1.29, 1.82) is 5.26 Å². The van der Waals surface area contributed by atoms with Crippen molar-refractivity contribution in [3.8, 4) is 11.8 Å². The highest BCUT2D eigenvalue weighted by molar-refractivity contribution is 5.63. The molecule has 0 aliphatic rings. The zero-order valence-corrected chi connectivity index (χ0v) is 9.48. The fraction of sp³-hybridized carbons (Fsp3) is 0.0833. The molecule has 0 unspecified atom stereocenters. The lowest BCUT2D eigenvalue weighted by Gasteiger charge is -2.07. The molecular weight excluding hydrogens is 235 g/mol. The number of anilines is 2. The molecule has 2 rings (SSSR count). The number of aryl methyl sites for hydroxylation is 1. The average Bonchev–Trinajstić information content (AvgIpc) is 2.36. The van der Waals surface area contributed by atoms with Gasteiger partial charge in [-0.25, -0.2) is 14.4 Å². The molecule has 90 valence electrons. The number of aromatic hydroxyl groups is 1. The molecule has 0 saturated heterocycles. The molecule has 1 heterocycles. The van der Waals surface area contributed by atoms with Gasteiger partial charge in [0.2, 0.25) is 5.95 Å². The first-order valence-electron chi connectivity index (χ1n) is 5.09. The van der Waals surface area contributed by atoms with Crippen LogP contribution in [0, 0.1) is 24.1 Å². The molecule has 2 aromatic rings. The lowest BCUT2D eigenvalue weighted by molar-refractivity contribution is 0.465. The largest absolute Gasteiger partial charge is 0.504 e. The molecule has 0 aliphatic heterocycles. The van der Waals surface area contributed by atoms with Gasteiger partial charge >= 0.3 is 0 Å². The van der Waals surface area contributed by atoms with Crippen LogP contribution in [0.5, 0.6) is 5.75 Å². The molecule has 0 fully saturated rings. The Kier molecular flexibility index (Phi) is 3.06. The number of rotatable bonds is 2. The first-order valence-corrected chi connectivity index (χ1v) is 5.09. The van der Waals surface area contributed by atoms with E-state index in [2.05, 4.69) is 15.3 Å². The molecule has 18 heavy (non-hydrogen) atoms. The Morgan fingerprint density at radius 2 is 2.22 bits per heavy atom. The summed E-state index contributed by atoms with van der Waals surface area (Å²) in [7, 11) is 0. The van der Waals surface area contributed by atoms with Gasteiger partial charge in [-0.15, -0.1) is 0 Å². The monoisotopic (exact) mass is 244 g/mol. The third-order valence-corrected chi connectivity index (χ3v) is 2.30. The molecule has 0 saturated carbocycles. The Hall–Kier alpha value is -2.68. The molecule has 0 bridgehead atoms. The maximum Gasteiger partial charge on any atom is 0.227 e. The second kappa shape index (κ2) is 4.67. The number of aromatic nitrogens is 2. The van der Waals surface area contributed by atoms with E-state index in [1.165, 1.54) is 18.3 Å². The van der Waals surface area contributed by atoms with Gasteiger partial charge in [-0.1, -0.05) is 0 Å². The van der Waals surface area contributed by atoms with Gasteiger partial charge in [-0.05, 0) is 25.1 Å². The lowest BCUT2D eigenvalue weighted by atomic mass is 10.2. The van der Waals surface area contributed by atoms with E-state index in [1.807, 2.05) is 6.07 Å². The van der Waals surface area contributed by atoms with Crippen molar-refractivity contribution in [2.75, 3.05) is 5.32 Å². The fourth-order valence-electron chi connectivity index (χ4n) is 1.36. The fourth-order valence-corrected chi connectivity index (χ4v) is 1.36. The Bertz CT molecular complexity index is 636. The molecule has 0 radical (unpaired) electrons. The maximum atomic E-state index is 12.9. The van der Waals surface area contributed by atoms with Crippen molar-refractivity contribution in [2.45, 2.75) is 6.92 Å². The van der Waals surface area contributed by atoms with Gasteiger partial charge in [-0.2, -0.15) is 5.26 Å². The van der Waals surface area contributed by atoms with Crippen LogP contribution in [-0.2, 0) is 0 Å². The van der Waals surface area contributed by atoms with Gasteiger partial charge in [-0.3, -0.25) is 0 Å². The van der Waals surface area contributed by atoms with E-state index in [9.17, 15) is 9.50 Å². The highest BCUT2D eigenvalue weighted by Gasteiger charge is 2.07. The number of nitrogens with zero attached hydrogens (tertiary/aromatic N) is 3. The van der Waals surface area contributed by atoms with Crippen LogP contribution in [0.4, 0.5) is 16.0 Å². The molecule has 1 aromatic heterocycles. The summed E-state index contributed by atoms with van der Waals surface area (Å²) in [5.74, 6) is -0.270. The van der Waals surface area contributed by atoms with Crippen LogP contribution in [0.15, 0.2) is 24.4 Å². The minimum Gasteiger partial charge on any atom is -0.504 e. The summed E-state index contributed by atoms with van der Waals surface area (Å²) >= 11 is 0. The average molecular weight is 244 g/mol. The number of nitriles is 1. The molecule has 0 atom stereocenters. The first kappa shape index (κ1) is 11.8. The Morgan fingerprint density at radius 3 is 2.89 bits per heavy atom. The van der Waals surface area contributed by atoms with Crippen LogP contribution < -0.4 is 5.32 Å². The van der Waals surface area contributed by atoms with Crippen LogP contribution in [-0.4, -0.2) is 15.1 Å². The number of halogens is 1. The van der Waals surface area contributed by atoms with E-state index in [-0.39, 0.29) is 17.3 Å². The minimum atomic E-state index is -0.486. The number of nitrogens with one attached hydrogen (secondary N) is 1. The molecule has 5 nitrogen and oxygen atoms in total.